The molecule has 0 aliphatic heterocycles. The third-order valence-electron chi connectivity index (χ3n) is 1.37. The van der Waals surface area contributed by atoms with Crippen molar-refractivity contribution in [1.29, 1.82) is 5.26 Å². The number of halogens is 2. The van der Waals surface area contributed by atoms with Gasteiger partial charge >= 0.3 is 0 Å². The Morgan fingerprint density at radius 1 is 1.75 bits per heavy atom. The fraction of sp³-hybridized carbons (Fsp3) is 0.429. The Labute approximate surface area is 68.2 Å². The SMILES string of the molecule is Cc1[c]nn(CC(F)F)c1C#N. The molecule has 0 unspecified atom stereocenters. The first-order chi connectivity index (χ1) is 5.65. The first-order valence-corrected chi connectivity index (χ1v) is 3.28. The number of nitriles is 1. The van der Waals surface area contributed by atoms with Gasteiger partial charge in [-0.2, -0.15) is 10.4 Å². The molecule has 0 saturated carbocycles. The smallest absolute Gasteiger partial charge is 0.248 e. The molecule has 1 rings (SSSR count). The van der Waals surface area contributed by atoms with Crippen LogP contribution in [0.25, 0.3) is 0 Å². The van der Waals surface area contributed by atoms with Gasteiger partial charge in [0.05, 0.1) is 0 Å². The monoisotopic (exact) mass is 170 g/mol. The highest BCUT2D eigenvalue weighted by atomic mass is 19.3. The van der Waals surface area contributed by atoms with E-state index < -0.39 is 13.0 Å². The van der Waals surface area contributed by atoms with Crippen molar-refractivity contribution in [3.05, 3.63) is 17.5 Å². The normalized spacial score (nSPS) is 10.2. The number of nitrogens with zero attached hydrogens (tertiary/aromatic N) is 3. The molecule has 0 N–H and O–H groups in total. The second-order valence-electron chi connectivity index (χ2n) is 2.27. The summed E-state index contributed by atoms with van der Waals surface area (Å²) in [5.74, 6) is 0. The number of alkyl halides is 2. The van der Waals surface area contributed by atoms with Crippen molar-refractivity contribution in [2.75, 3.05) is 0 Å². The molecule has 1 aromatic heterocycles. The summed E-state index contributed by atoms with van der Waals surface area (Å²) in [6.45, 7) is 1.06. The summed E-state index contributed by atoms with van der Waals surface area (Å²) < 4.78 is 24.7. The second-order valence-corrected chi connectivity index (χ2v) is 2.27. The van der Waals surface area contributed by atoms with Crippen LogP contribution in [0.15, 0.2) is 0 Å². The largest absolute Gasteiger partial charge is 0.257 e. The fourth-order valence-corrected chi connectivity index (χ4v) is 0.836. The molecule has 0 aliphatic rings. The van der Waals surface area contributed by atoms with Crippen LogP contribution in [0.1, 0.15) is 11.3 Å². The van der Waals surface area contributed by atoms with Gasteiger partial charge in [0.1, 0.15) is 24.5 Å². The topological polar surface area (TPSA) is 41.6 Å². The first-order valence-electron chi connectivity index (χ1n) is 3.28. The summed E-state index contributed by atoms with van der Waals surface area (Å²) in [6, 6.07) is 1.79. The highest BCUT2D eigenvalue weighted by Crippen LogP contribution is 2.06. The van der Waals surface area contributed by atoms with E-state index in [1.54, 1.807) is 13.0 Å². The molecule has 0 fully saturated rings. The number of hydrogen-bond acceptors (Lipinski definition) is 2. The van der Waals surface area contributed by atoms with E-state index in [9.17, 15) is 8.78 Å². The van der Waals surface area contributed by atoms with Crippen LogP contribution in [0.2, 0.25) is 0 Å². The van der Waals surface area contributed by atoms with Crippen LogP contribution in [0.4, 0.5) is 8.78 Å². The summed E-state index contributed by atoms with van der Waals surface area (Å²) in [6.07, 6.45) is -0.0449. The fourth-order valence-electron chi connectivity index (χ4n) is 0.836. The van der Waals surface area contributed by atoms with E-state index in [1.807, 2.05) is 0 Å². The Morgan fingerprint density at radius 3 is 2.92 bits per heavy atom. The van der Waals surface area contributed by atoms with E-state index in [1.165, 1.54) is 0 Å². The molecule has 0 saturated heterocycles. The van der Waals surface area contributed by atoms with Crippen molar-refractivity contribution in [2.24, 2.45) is 0 Å². The number of rotatable bonds is 2. The molecule has 63 valence electrons. The minimum absolute atomic E-state index is 0.148. The van der Waals surface area contributed by atoms with Crippen molar-refractivity contribution in [2.45, 2.75) is 19.9 Å². The van der Waals surface area contributed by atoms with Gasteiger partial charge in [0, 0.05) is 5.56 Å². The predicted molar refractivity (Wildman–Crippen MR) is 36.5 cm³/mol. The average molecular weight is 170 g/mol. The lowest BCUT2D eigenvalue weighted by Gasteiger charge is -2.00. The van der Waals surface area contributed by atoms with Gasteiger partial charge in [-0.05, 0) is 6.92 Å². The molecule has 0 aliphatic carbocycles. The van der Waals surface area contributed by atoms with Gasteiger partial charge in [-0.1, -0.05) is 0 Å². The van der Waals surface area contributed by atoms with Crippen LogP contribution in [0, 0.1) is 24.5 Å². The molecule has 5 heteroatoms. The van der Waals surface area contributed by atoms with Crippen LogP contribution < -0.4 is 0 Å². The minimum Gasteiger partial charge on any atom is -0.248 e. The number of aryl methyl sites for hydroxylation is 1. The maximum absolute atomic E-state index is 11.9. The molecule has 3 nitrogen and oxygen atoms in total. The standard InChI is InChI=1S/C7H6F2N3/c1-5-3-11-12(4-7(8)9)6(5)2-10/h7H,4H2,1H3. The van der Waals surface area contributed by atoms with Crippen molar-refractivity contribution in [3.63, 3.8) is 0 Å². The van der Waals surface area contributed by atoms with E-state index in [0.29, 0.717) is 5.56 Å². The van der Waals surface area contributed by atoms with Crippen LogP contribution in [0.5, 0.6) is 0 Å². The average Bonchev–Trinajstić information content (AvgIpc) is 2.30. The molecule has 1 radical (unpaired) electrons. The predicted octanol–water partition coefficient (Wildman–Crippen LogP) is 1.13. The van der Waals surface area contributed by atoms with Crippen LogP contribution >= 0.6 is 0 Å². The highest BCUT2D eigenvalue weighted by Gasteiger charge is 2.11. The Bertz CT molecular complexity index is 311. The van der Waals surface area contributed by atoms with E-state index in [0.717, 1.165) is 4.68 Å². The second kappa shape index (κ2) is 3.30. The maximum atomic E-state index is 11.9. The van der Waals surface area contributed by atoms with Crippen molar-refractivity contribution >= 4 is 0 Å². The Hall–Kier alpha value is -1.44. The first kappa shape index (κ1) is 8.65. The van der Waals surface area contributed by atoms with Gasteiger partial charge in [0.25, 0.3) is 6.43 Å². The van der Waals surface area contributed by atoms with Crippen molar-refractivity contribution in [3.8, 4) is 6.07 Å². The lowest BCUT2D eigenvalue weighted by molar-refractivity contribution is 0.121. The van der Waals surface area contributed by atoms with Crippen molar-refractivity contribution < 1.29 is 8.78 Å². The van der Waals surface area contributed by atoms with E-state index in [-0.39, 0.29) is 5.69 Å². The quantitative estimate of drug-likeness (QED) is 0.667. The third-order valence-corrected chi connectivity index (χ3v) is 1.37. The number of aromatic nitrogens is 2. The summed E-state index contributed by atoms with van der Waals surface area (Å²) in [5.41, 5.74) is 0.647. The molecule has 0 atom stereocenters. The van der Waals surface area contributed by atoms with Gasteiger partial charge in [-0.25, -0.2) is 13.5 Å². The molecular weight excluding hydrogens is 164 g/mol. The van der Waals surface area contributed by atoms with Gasteiger partial charge < -0.3 is 0 Å². The summed E-state index contributed by atoms with van der Waals surface area (Å²) in [4.78, 5) is 0. The minimum atomic E-state index is -2.50. The third kappa shape index (κ3) is 1.59. The molecule has 0 amide bonds. The molecule has 0 aromatic carbocycles. The molecule has 12 heavy (non-hydrogen) atoms. The van der Waals surface area contributed by atoms with Crippen LogP contribution in [-0.2, 0) is 6.54 Å². The van der Waals surface area contributed by atoms with Crippen LogP contribution in [0.3, 0.4) is 0 Å². The van der Waals surface area contributed by atoms with Gasteiger partial charge in [-0.15, -0.1) is 0 Å². The van der Waals surface area contributed by atoms with E-state index in [4.69, 9.17) is 5.26 Å². The molecule has 1 heterocycles. The zero-order valence-electron chi connectivity index (χ0n) is 6.38. The Morgan fingerprint density at radius 2 is 2.42 bits per heavy atom. The van der Waals surface area contributed by atoms with E-state index in [2.05, 4.69) is 11.3 Å². The lowest BCUT2D eigenvalue weighted by Crippen LogP contribution is -2.10. The van der Waals surface area contributed by atoms with Gasteiger partial charge in [0.15, 0.2) is 0 Å². The zero-order chi connectivity index (χ0) is 9.14. The molecule has 0 bridgehead atoms. The van der Waals surface area contributed by atoms with Gasteiger partial charge in [0.2, 0.25) is 0 Å². The van der Waals surface area contributed by atoms with Crippen molar-refractivity contribution in [1.82, 2.24) is 9.78 Å². The zero-order valence-corrected chi connectivity index (χ0v) is 6.38. The molecule has 0 spiro atoms. The lowest BCUT2D eigenvalue weighted by atomic mass is 10.3. The number of hydrogen-bond donors (Lipinski definition) is 0. The van der Waals surface area contributed by atoms with E-state index >= 15 is 0 Å². The Balaban J connectivity index is 2.94. The maximum Gasteiger partial charge on any atom is 0.257 e. The molecule has 1 aromatic rings. The highest BCUT2D eigenvalue weighted by molar-refractivity contribution is 5.27. The van der Waals surface area contributed by atoms with Gasteiger partial charge in [-0.3, -0.25) is 0 Å². The van der Waals surface area contributed by atoms with Crippen LogP contribution in [-0.4, -0.2) is 16.2 Å². The summed E-state index contributed by atoms with van der Waals surface area (Å²) in [7, 11) is 0. The summed E-state index contributed by atoms with van der Waals surface area (Å²) in [5, 5.41) is 12.0. The Kier molecular flexibility index (Phi) is 2.38. The summed E-state index contributed by atoms with van der Waals surface area (Å²) >= 11 is 0. The molecular formula is C7H6F2N3.